The molecule has 0 aliphatic heterocycles. The largest absolute Gasteiger partial charge is 0.326 e. The van der Waals surface area contributed by atoms with Gasteiger partial charge in [0.05, 0.1) is 0 Å². The van der Waals surface area contributed by atoms with E-state index in [1.54, 1.807) is 24.3 Å². The van der Waals surface area contributed by atoms with Gasteiger partial charge in [-0.15, -0.1) is 11.6 Å². The molecule has 1 amide bonds. The summed E-state index contributed by atoms with van der Waals surface area (Å²) in [5, 5.41) is 2.85. The van der Waals surface area contributed by atoms with Crippen LogP contribution in [0.15, 0.2) is 78.9 Å². The first-order valence-corrected chi connectivity index (χ1v) is 11.4. The molecular weight excluding hydrogens is 420 g/mol. The van der Waals surface area contributed by atoms with Crippen LogP contribution in [0.3, 0.4) is 0 Å². The maximum atomic E-state index is 12.8. The highest BCUT2D eigenvalue weighted by atomic mass is 35.5. The van der Waals surface area contributed by atoms with Gasteiger partial charge >= 0.3 is 0 Å². The Kier molecular flexibility index (Phi) is 9.02. The summed E-state index contributed by atoms with van der Waals surface area (Å²) < 4.78 is 0. The van der Waals surface area contributed by atoms with Crippen LogP contribution in [-0.4, -0.2) is 29.5 Å². The molecule has 1 N–H and O–H groups in total. The quantitative estimate of drug-likeness (QED) is 0.226. The minimum absolute atomic E-state index is 0.0332. The van der Waals surface area contributed by atoms with E-state index >= 15 is 0 Å². The molecule has 32 heavy (non-hydrogen) atoms. The van der Waals surface area contributed by atoms with E-state index in [9.17, 15) is 9.59 Å². The average Bonchev–Trinajstić information content (AvgIpc) is 2.80. The molecule has 3 rings (SSSR count). The molecule has 0 unspecified atom stereocenters. The minimum Gasteiger partial charge on any atom is -0.326 e. The van der Waals surface area contributed by atoms with Gasteiger partial charge in [0, 0.05) is 42.2 Å². The lowest BCUT2D eigenvalue weighted by Gasteiger charge is -2.17. The van der Waals surface area contributed by atoms with Gasteiger partial charge in [-0.1, -0.05) is 54.6 Å². The van der Waals surface area contributed by atoms with Crippen LogP contribution < -0.4 is 5.32 Å². The molecular formula is C27H29ClN2O2. The van der Waals surface area contributed by atoms with Crippen molar-refractivity contribution in [2.24, 2.45) is 0 Å². The van der Waals surface area contributed by atoms with Crippen molar-refractivity contribution in [1.29, 1.82) is 0 Å². The number of unbranched alkanes of at least 4 members (excludes halogenated alkanes) is 1. The molecule has 0 saturated heterocycles. The van der Waals surface area contributed by atoms with Crippen molar-refractivity contribution in [2.45, 2.75) is 32.4 Å². The van der Waals surface area contributed by atoms with Gasteiger partial charge in [0.2, 0.25) is 5.91 Å². The van der Waals surface area contributed by atoms with Crippen LogP contribution in [0.4, 0.5) is 5.69 Å². The Bertz CT molecular complexity index is 1000. The van der Waals surface area contributed by atoms with Gasteiger partial charge in [0.25, 0.3) is 0 Å². The fourth-order valence-corrected chi connectivity index (χ4v) is 3.69. The van der Waals surface area contributed by atoms with Crippen molar-refractivity contribution in [1.82, 2.24) is 4.90 Å². The second-order valence-corrected chi connectivity index (χ2v) is 8.33. The van der Waals surface area contributed by atoms with Crippen LogP contribution in [-0.2, 0) is 17.9 Å². The SMILES string of the molecule is CN(Cc1ccccc1)Cc1ccc(C(=O)c2ccc(NC(=O)CCCCCl)cc2)cc1. The van der Waals surface area contributed by atoms with Gasteiger partial charge < -0.3 is 5.32 Å². The first-order chi connectivity index (χ1) is 15.5. The molecule has 3 aromatic carbocycles. The number of hydrogen-bond acceptors (Lipinski definition) is 3. The Morgan fingerprint density at radius 1 is 0.781 bits per heavy atom. The van der Waals surface area contributed by atoms with E-state index in [1.807, 2.05) is 42.5 Å². The first-order valence-electron chi connectivity index (χ1n) is 10.9. The normalized spacial score (nSPS) is 10.8. The average molecular weight is 449 g/mol. The Balaban J connectivity index is 1.54. The number of halogens is 1. The van der Waals surface area contributed by atoms with Gasteiger partial charge in [0.1, 0.15) is 0 Å². The summed E-state index contributed by atoms with van der Waals surface area (Å²) in [4.78, 5) is 27.0. The van der Waals surface area contributed by atoms with Gasteiger partial charge in [0.15, 0.2) is 5.78 Å². The minimum atomic E-state index is -0.0398. The van der Waals surface area contributed by atoms with Crippen LogP contribution in [0, 0.1) is 0 Å². The lowest BCUT2D eigenvalue weighted by atomic mass is 10.0. The number of nitrogens with one attached hydrogen (secondary N) is 1. The molecule has 0 spiro atoms. The second-order valence-electron chi connectivity index (χ2n) is 7.96. The molecule has 3 aromatic rings. The van der Waals surface area contributed by atoms with E-state index in [0.717, 1.165) is 31.5 Å². The van der Waals surface area contributed by atoms with Crippen LogP contribution >= 0.6 is 11.6 Å². The van der Waals surface area contributed by atoms with Crippen molar-refractivity contribution in [2.75, 3.05) is 18.2 Å². The highest BCUT2D eigenvalue weighted by Gasteiger charge is 2.10. The third-order valence-corrected chi connectivity index (χ3v) is 5.45. The lowest BCUT2D eigenvalue weighted by molar-refractivity contribution is -0.116. The maximum Gasteiger partial charge on any atom is 0.224 e. The molecule has 0 radical (unpaired) electrons. The fraction of sp³-hybridized carbons (Fsp3) is 0.259. The predicted molar refractivity (Wildman–Crippen MR) is 131 cm³/mol. The number of ketones is 1. The van der Waals surface area contributed by atoms with Gasteiger partial charge in [-0.3, -0.25) is 14.5 Å². The van der Waals surface area contributed by atoms with E-state index in [0.29, 0.717) is 29.1 Å². The summed E-state index contributed by atoms with van der Waals surface area (Å²) in [5.41, 5.74) is 4.37. The van der Waals surface area contributed by atoms with Crippen LogP contribution in [0.5, 0.6) is 0 Å². The topological polar surface area (TPSA) is 49.4 Å². The zero-order valence-corrected chi connectivity index (χ0v) is 19.1. The van der Waals surface area contributed by atoms with Gasteiger partial charge in [-0.05, 0) is 55.3 Å². The van der Waals surface area contributed by atoms with E-state index < -0.39 is 0 Å². The van der Waals surface area contributed by atoms with E-state index in [2.05, 4.69) is 29.4 Å². The zero-order valence-electron chi connectivity index (χ0n) is 18.4. The molecule has 0 saturated carbocycles. The third kappa shape index (κ3) is 7.33. The highest BCUT2D eigenvalue weighted by Crippen LogP contribution is 2.16. The first kappa shape index (κ1) is 23.7. The summed E-state index contributed by atoms with van der Waals surface area (Å²) >= 11 is 5.64. The number of anilines is 1. The Morgan fingerprint density at radius 2 is 1.34 bits per heavy atom. The number of rotatable bonds is 11. The molecule has 0 bridgehead atoms. The molecule has 5 heteroatoms. The summed E-state index contributed by atoms with van der Waals surface area (Å²) in [6, 6.07) is 25.1. The molecule has 0 fully saturated rings. The predicted octanol–water partition coefficient (Wildman–Crippen LogP) is 5.90. The molecule has 166 valence electrons. The summed E-state index contributed by atoms with van der Waals surface area (Å²) in [6.45, 7) is 1.68. The van der Waals surface area contributed by atoms with Crippen molar-refractivity contribution >= 4 is 29.0 Å². The van der Waals surface area contributed by atoms with Crippen molar-refractivity contribution < 1.29 is 9.59 Å². The van der Waals surface area contributed by atoms with E-state index in [4.69, 9.17) is 11.6 Å². The molecule has 0 aliphatic carbocycles. The van der Waals surface area contributed by atoms with Crippen molar-refractivity contribution in [3.8, 4) is 0 Å². The number of hydrogen-bond donors (Lipinski definition) is 1. The Hall–Kier alpha value is -2.95. The monoisotopic (exact) mass is 448 g/mol. The molecule has 0 heterocycles. The van der Waals surface area contributed by atoms with Gasteiger partial charge in [-0.2, -0.15) is 0 Å². The smallest absolute Gasteiger partial charge is 0.224 e. The van der Waals surface area contributed by atoms with Gasteiger partial charge in [-0.25, -0.2) is 0 Å². The van der Waals surface area contributed by atoms with E-state index in [-0.39, 0.29) is 11.7 Å². The summed E-state index contributed by atoms with van der Waals surface area (Å²) in [5.74, 6) is 0.492. The third-order valence-electron chi connectivity index (χ3n) is 5.18. The molecule has 0 aliphatic rings. The van der Waals surface area contributed by atoms with Crippen LogP contribution in [0.25, 0.3) is 0 Å². The maximum absolute atomic E-state index is 12.8. The number of nitrogens with zero attached hydrogens (tertiary/aromatic N) is 1. The summed E-state index contributed by atoms with van der Waals surface area (Å²) in [7, 11) is 2.09. The Labute approximate surface area is 195 Å². The zero-order chi connectivity index (χ0) is 22.8. The number of carbonyl (C=O) groups is 2. The molecule has 4 nitrogen and oxygen atoms in total. The van der Waals surface area contributed by atoms with Crippen molar-refractivity contribution in [3.05, 3.63) is 101 Å². The van der Waals surface area contributed by atoms with Crippen molar-refractivity contribution in [3.63, 3.8) is 0 Å². The number of carbonyl (C=O) groups excluding carboxylic acids is 2. The van der Waals surface area contributed by atoms with Crippen LogP contribution in [0.2, 0.25) is 0 Å². The number of alkyl halides is 1. The summed E-state index contributed by atoms with van der Waals surface area (Å²) in [6.07, 6.45) is 2.04. The number of benzene rings is 3. The second kappa shape index (κ2) is 12.2. The number of amides is 1. The fourth-order valence-electron chi connectivity index (χ4n) is 3.50. The Morgan fingerprint density at radius 3 is 1.94 bits per heavy atom. The molecule has 0 aromatic heterocycles. The highest BCUT2D eigenvalue weighted by molar-refractivity contribution is 6.17. The lowest BCUT2D eigenvalue weighted by Crippen LogP contribution is -2.17. The standard InChI is InChI=1S/C27H29ClN2O2/c1-30(19-21-7-3-2-4-8-21)20-22-10-12-23(13-11-22)27(32)24-14-16-25(17-15-24)29-26(31)9-5-6-18-28/h2-4,7-8,10-17H,5-6,9,18-20H2,1H3,(H,29,31). The molecule has 0 atom stereocenters. The van der Waals surface area contributed by atoms with Crippen LogP contribution in [0.1, 0.15) is 46.3 Å². The van der Waals surface area contributed by atoms with E-state index in [1.165, 1.54) is 5.56 Å².